The fraction of sp³-hybridized carbons (Fsp3) is 0.154. The Kier molecular flexibility index (Phi) is 7.16. The zero-order chi connectivity index (χ0) is 23.4. The van der Waals surface area contributed by atoms with Crippen molar-refractivity contribution in [3.05, 3.63) is 98.1 Å². The van der Waals surface area contributed by atoms with Crippen molar-refractivity contribution >= 4 is 45.5 Å². The lowest BCUT2D eigenvalue weighted by Crippen LogP contribution is -2.05. The van der Waals surface area contributed by atoms with E-state index >= 15 is 0 Å². The normalized spacial score (nSPS) is 14.2. The number of halogens is 2. The van der Waals surface area contributed by atoms with E-state index in [1.165, 1.54) is 0 Å². The second-order valence-electron chi connectivity index (χ2n) is 7.39. The van der Waals surface area contributed by atoms with Crippen LogP contribution in [0.4, 0.5) is 0 Å². The molecule has 3 aromatic rings. The van der Waals surface area contributed by atoms with E-state index in [2.05, 4.69) is 27.0 Å². The molecule has 7 heteroatoms. The molecule has 0 amide bonds. The van der Waals surface area contributed by atoms with E-state index < -0.39 is 5.97 Å². The van der Waals surface area contributed by atoms with Crippen molar-refractivity contribution in [3.8, 4) is 11.5 Å². The lowest BCUT2D eigenvalue weighted by Gasteiger charge is -2.15. The molecule has 0 bridgehead atoms. The molecule has 33 heavy (non-hydrogen) atoms. The first-order valence-electron chi connectivity index (χ1n) is 10.4. The van der Waals surface area contributed by atoms with E-state index in [1.807, 2.05) is 56.3 Å². The highest BCUT2D eigenvalue weighted by molar-refractivity contribution is 9.10. The second-order valence-corrected chi connectivity index (χ2v) is 8.71. The number of rotatable bonds is 7. The molecular formula is C26H21BrClNO4. The third kappa shape index (κ3) is 5.64. The molecule has 0 spiro atoms. The number of ether oxygens (including phenoxy) is 3. The summed E-state index contributed by atoms with van der Waals surface area (Å²) in [5.74, 6) is 0.669. The number of aliphatic imine (C=N–C) groups is 1. The molecule has 1 heterocycles. The van der Waals surface area contributed by atoms with Gasteiger partial charge in [0.15, 0.2) is 17.2 Å². The predicted molar refractivity (Wildman–Crippen MR) is 133 cm³/mol. The smallest absolute Gasteiger partial charge is 0.363 e. The summed E-state index contributed by atoms with van der Waals surface area (Å²) in [6, 6.07) is 18.9. The van der Waals surface area contributed by atoms with Gasteiger partial charge in [-0.2, -0.15) is 0 Å². The molecule has 0 saturated heterocycles. The second kappa shape index (κ2) is 10.2. The van der Waals surface area contributed by atoms with E-state index in [4.69, 9.17) is 25.8 Å². The highest BCUT2D eigenvalue weighted by Gasteiger charge is 2.24. The van der Waals surface area contributed by atoms with E-state index in [0.717, 1.165) is 15.6 Å². The summed E-state index contributed by atoms with van der Waals surface area (Å²) in [7, 11) is 0. The number of aryl methyl sites for hydroxylation is 1. The number of cyclic esters (lactones) is 1. The van der Waals surface area contributed by atoms with Gasteiger partial charge in [-0.1, -0.05) is 63.4 Å². The molecule has 0 fully saturated rings. The minimum atomic E-state index is -0.529. The van der Waals surface area contributed by atoms with Crippen LogP contribution in [0.25, 0.3) is 6.08 Å². The lowest BCUT2D eigenvalue weighted by molar-refractivity contribution is -0.129. The van der Waals surface area contributed by atoms with Crippen molar-refractivity contribution in [1.29, 1.82) is 0 Å². The van der Waals surface area contributed by atoms with E-state index in [-0.39, 0.29) is 11.6 Å². The van der Waals surface area contributed by atoms with E-state index in [1.54, 1.807) is 18.2 Å². The Labute approximate surface area is 205 Å². The van der Waals surface area contributed by atoms with Crippen LogP contribution >= 0.6 is 27.5 Å². The molecule has 3 aromatic carbocycles. The van der Waals surface area contributed by atoms with Gasteiger partial charge in [0.25, 0.3) is 0 Å². The number of esters is 1. The number of nitrogens with zero attached hydrogens (tertiary/aromatic N) is 1. The maximum absolute atomic E-state index is 12.4. The first kappa shape index (κ1) is 23.1. The molecule has 0 unspecified atom stereocenters. The minimum absolute atomic E-state index is 0.178. The van der Waals surface area contributed by atoms with Gasteiger partial charge in [0.2, 0.25) is 5.90 Å². The van der Waals surface area contributed by atoms with Crippen molar-refractivity contribution in [1.82, 2.24) is 0 Å². The average Bonchev–Trinajstić information content (AvgIpc) is 3.14. The first-order valence-corrected chi connectivity index (χ1v) is 11.5. The summed E-state index contributed by atoms with van der Waals surface area (Å²) in [5.41, 5.74) is 3.71. The van der Waals surface area contributed by atoms with Gasteiger partial charge in [-0.3, -0.25) is 0 Å². The summed E-state index contributed by atoms with van der Waals surface area (Å²) >= 11 is 9.95. The summed E-state index contributed by atoms with van der Waals surface area (Å²) in [4.78, 5) is 16.7. The van der Waals surface area contributed by atoms with Gasteiger partial charge in [-0.15, -0.1) is 0 Å². The van der Waals surface area contributed by atoms with Crippen LogP contribution in [0.5, 0.6) is 11.5 Å². The topological polar surface area (TPSA) is 57.1 Å². The molecule has 0 radical (unpaired) electrons. The maximum Gasteiger partial charge on any atom is 0.363 e. The van der Waals surface area contributed by atoms with Crippen LogP contribution in [0.3, 0.4) is 0 Å². The largest absolute Gasteiger partial charge is 0.490 e. The van der Waals surface area contributed by atoms with E-state index in [9.17, 15) is 4.79 Å². The summed E-state index contributed by atoms with van der Waals surface area (Å²) in [6.07, 6.45) is 1.62. The molecule has 0 N–H and O–H groups in total. The number of carbonyl (C=O) groups excluding carboxylic acids is 1. The highest BCUT2D eigenvalue weighted by atomic mass is 79.9. The van der Waals surface area contributed by atoms with Gasteiger partial charge >= 0.3 is 5.97 Å². The Balaban J connectivity index is 1.61. The fourth-order valence-corrected chi connectivity index (χ4v) is 4.02. The van der Waals surface area contributed by atoms with Crippen molar-refractivity contribution < 1.29 is 19.0 Å². The van der Waals surface area contributed by atoms with Gasteiger partial charge in [-0.25, -0.2) is 9.79 Å². The van der Waals surface area contributed by atoms with Crippen LogP contribution in [-0.4, -0.2) is 18.5 Å². The van der Waals surface area contributed by atoms with Crippen molar-refractivity contribution in [2.75, 3.05) is 6.61 Å². The Bertz CT molecular complexity index is 1270. The van der Waals surface area contributed by atoms with Crippen LogP contribution in [0.1, 0.15) is 29.2 Å². The van der Waals surface area contributed by atoms with Gasteiger partial charge in [-0.05, 0) is 61.4 Å². The third-order valence-electron chi connectivity index (χ3n) is 4.79. The predicted octanol–water partition coefficient (Wildman–Crippen LogP) is 6.73. The molecule has 0 saturated carbocycles. The number of carbonyl (C=O) groups is 1. The standard InChI is InChI=1S/C26H21BrClNO4/c1-3-31-23-13-18(11-21(28)24(23)32-15-17-7-4-6-16(2)10-17)12-22-26(30)33-25(29-22)19-8-5-9-20(27)14-19/h4-14H,3,15H2,1-2H3/b22-12-. The minimum Gasteiger partial charge on any atom is -0.490 e. The monoisotopic (exact) mass is 525 g/mol. The lowest BCUT2D eigenvalue weighted by atomic mass is 10.1. The Morgan fingerprint density at radius 1 is 1.09 bits per heavy atom. The first-order chi connectivity index (χ1) is 15.9. The molecule has 0 aliphatic carbocycles. The summed E-state index contributed by atoms with van der Waals surface area (Å²) < 4.78 is 18.0. The van der Waals surface area contributed by atoms with Gasteiger partial charge in [0.1, 0.15) is 6.61 Å². The molecule has 0 aromatic heterocycles. The van der Waals surface area contributed by atoms with Crippen LogP contribution in [0, 0.1) is 6.92 Å². The van der Waals surface area contributed by atoms with Crippen LogP contribution in [0.2, 0.25) is 5.02 Å². The van der Waals surface area contributed by atoms with Crippen molar-refractivity contribution in [3.63, 3.8) is 0 Å². The van der Waals surface area contributed by atoms with Crippen LogP contribution in [0.15, 0.2) is 75.8 Å². The van der Waals surface area contributed by atoms with E-state index in [0.29, 0.717) is 40.9 Å². The molecular weight excluding hydrogens is 506 g/mol. The SMILES string of the molecule is CCOc1cc(/C=C2\N=C(c3cccc(Br)c3)OC2=O)cc(Cl)c1OCc1cccc(C)c1. The molecule has 168 valence electrons. The van der Waals surface area contributed by atoms with Gasteiger partial charge < -0.3 is 14.2 Å². The zero-order valence-electron chi connectivity index (χ0n) is 18.1. The van der Waals surface area contributed by atoms with Crippen LogP contribution in [-0.2, 0) is 16.1 Å². The number of benzene rings is 3. The van der Waals surface area contributed by atoms with Gasteiger partial charge in [0.05, 0.1) is 11.6 Å². The Morgan fingerprint density at radius 2 is 1.91 bits per heavy atom. The number of hydrogen-bond donors (Lipinski definition) is 0. The summed E-state index contributed by atoms with van der Waals surface area (Å²) in [5, 5.41) is 0.378. The number of hydrogen-bond acceptors (Lipinski definition) is 5. The van der Waals surface area contributed by atoms with Crippen LogP contribution < -0.4 is 9.47 Å². The van der Waals surface area contributed by atoms with Crippen molar-refractivity contribution in [2.24, 2.45) is 4.99 Å². The zero-order valence-corrected chi connectivity index (χ0v) is 20.4. The molecule has 1 aliphatic heterocycles. The summed E-state index contributed by atoms with van der Waals surface area (Å²) in [6.45, 7) is 4.70. The molecule has 4 rings (SSSR count). The Morgan fingerprint density at radius 3 is 2.67 bits per heavy atom. The fourth-order valence-electron chi connectivity index (χ4n) is 3.34. The Hall–Kier alpha value is -3.09. The molecule has 0 atom stereocenters. The quantitative estimate of drug-likeness (QED) is 0.253. The maximum atomic E-state index is 12.4. The van der Waals surface area contributed by atoms with Gasteiger partial charge in [0, 0.05) is 10.0 Å². The highest BCUT2D eigenvalue weighted by Crippen LogP contribution is 2.38. The third-order valence-corrected chi connectivity index (χ3v) is 5.57. The van der Waals surface area contributed by atoms with Crippen molar-refractivity contribution in [2.45, 2.75) is 20.5 Å². The average molecular weight is 527 g/mol. The molecule has 1 aliphatic rings. The molecule has 5 nitrogen and oxygen atoms in total.